The molecule has 0 aromatic carbocycles. The maximum Gasteiger partial charge on any atom is 0.294 e. The summed E-state index contributed by atoms with van der Waals surface area (Å²) < 4.78 is 2.10. The number of amides is 1. The minimum absolute atomic E-state index is 0.0764. The Kier molecular flexibility index (Phi) is 3.77. The van der Waals surface area contributed by atoms with Crippen LogP contribution in [-0.4, -0.2) is 37.1 Å². The number of hydrogen-bond donors (Lipinski definition) is 1. The molecule has 3 heterocycles. The summed E-state index contributed by atoms with van der Waals surface area (Å²) in [6, 6.07) is 4.23. The first-order valence-electron chi connectivity index (χ1n) is 7.48. The number of aromatic nitrogens is 4. The number of nitrogens with one attached hydrogen (secondary N) is 1. The first-order chi connectivity index (χ1) is 10.2. The fraction of sp³-hybridized carbons (Fsp3) is 0.533. The summed E-state index contributed by atoms with van der Waals surface area (Å²) in [7, 11) is 2.03. The van der Waals surface area contributed by atoms with Crippen LogP contribution in [0.5, 0.6) is 0 Å². The molecule has 2 aromatic heterocycles. The first kappa shape index (κ1) is 13.9. The highest BCUT2D eigenvalue weighted by Crippen LogP contribution is 2.30. The zero-order valence-corrected chi connectivity index (χ0v) is 12.5. The molecular weight excluding hydrogens is 266 g/mol. The minimum atomic E-state index is -0.0764. The number of nitrogens with zero attached hydrogens (tertiary/aromatic N) is 4. The number of likely N-dealkylation sites (tertiary alicyclic amines) is 1. The van der Waals surface area contributed by atoms with Crippen molar-refractivity contribution in [3.8, 4) is 0 Å². The maximum absolute atomic E-state index is 12.8. The standard InChI is InChI=1S/C15H21N5O/c1-11-16-14(18-17-11)15(21)20-10-5-3-4-7-13(20)12-8-6-9-19(12)2/h6,8-9,13H,3-5,7,10H2,1-2H3,(H,16,17,18). The Balaban J connectivity index is 1.92. The van der Waals surface area contributed by atoms with E-state index in [2.05, 4.69) is 25.8 Å². The van der Waals surface area contributed by atoms with Crippen LogP contribution >= 0.6 is 0 Å². The van der Waals surface area contributed by atoms with Crippen LogP contribution in [0, 0.1) is 6.92 Å². The monoisotopic (exact) mass is 287 g/mol. The van der Waals surface area contributed by atoms with Crippen molar-refractivity contribution in [2.24, 2.45) is 7.05 Å². The van der Waals surface area contributed by atoms with Gasteiger partial charge in [0.1, 0.15) is 5.82 Å². The fourth-order valence-corrected chi connectivity index (χ4v) is 3.05. The Morgan fingerprint density at radius 2 is 2.24 bits per heavy atom. The molecule has 1 atom stereocenters. The van der Waals surface area contributed by atoms with Crippen molar-refractivity contribution in [3.63, 3.8) is 0 Å². The van der Waals surface area contributed by atoms with E-state index in [1.165, 1.54) is 5.69 Å². The molecule has 0 aliphatic carbocycles. The topological polar surface area (TPSA) is 66.8 Å². The van der Waals surface area contributed by atoms with Gasteiger partial charge in [0.15, 0.2) is 0 Å². The van der Waals surface area contributed by atoms with Gasteiger partial charge in [0.2, 0.25) is 5.82 Å². The number of carbonyl (C=O) groups is 1. The molecule has 2 aromatic rings. The van der Waals surface area contributed by atoms with Crippen LogP contribution in [0.15, 0.2) is 18.3 Å². The van der Waals surface area contributed by atoms with Crippen molar-refractivity contribution in [3.05, 3.63) is 35.7 Å². The van der Waals surface area contributed by atoms with Crippen molar-refractivity contribution in [1.82, 2.24) is 24.6 Å². The van der Waals surface area contributed by atoms with E-state index in [0.29, 0.717) is 5.82 Å². The Bertz CT molecular complexity index is 630. The largest absolute Gasteiger partial charge is 0.353 e. The van der Waals surface area contributed by atoms with Gasteiger partial charge in [0.05, 0.1) is 6.04 Å². The lowest BCUT2D eigenvalue weighted by Gasteiger charge is -2.29. The van der Waals surface area contributed by atoms with Crippen LogP contribution in [0.25, 0.3) is 0 Å². The second-order valence-corrected chi connectivity index (χ2v) is 5.65. The minimum Gasteiger partial charge on any atom is -0.353 e. The van der Waals surface area contributed by atoms with Crippen LogP contribution < -0.4 is 0 Å². The smallest absolute Gasteiger partial charge is 0.294 e. The molecule has 112 valence electrons. The predicted octanol–water partition coefficient (Wildman–Crippen LogP) is 2.21. The van der Waals surface area contributed by atoms with Gasteiger partial charge in [-0.15, -0.1) is 5.10 Å². The van der Waals surface area contributed by atoms with Gasteiger partial charge in [-0.25, -0.2) is 4.98 Å². The molecule has 0 spiro atoms. The molecule has 21 heavy (non-hydrogen) atoms. The first-order valence-corrected chi connectivity index (χ1v) is 7.48. The number of rotatable bonds is 2. The third-order valence-corrected chi connectivity index (χ3v) is 4.13. The lowest BCUT2D eigenvalue weighted by Crippen LogP contribution is -2.36. The maximum atomic E-state index is 12.8. The molecule has 1 aliphatic rings. The summed E-state index contributed by atoms with van der Waals surface area (Å²) in [6.45, 7) is 2.57. The number of H-pyrrole nitrogens is 1. The number of hydrogen-bond acceptors (Lipinski definition) is 3. The van der Waals surface area contributed by atoms with Gasteiger partial charge in [-0.3, -0.25) is 9.89 Å². The Morgan fingerprint density at radius 1 is 1.38 bits per heavy atom. The zero-order valence-electron chi connectivity index (χ0n) is 12.5. The average molecular weight is 287 g/mol. The van der Waals surface area contributed by atoms with Crippen molar-refractivity contribution in [2.45, 2.75) is 38.6 Å². The second-order valence-electron chi connectivity index (χ2n) is 5.65. The number of carbonyl (C=O) groups excluding carboxylic acids is 1. The van der Waals surface area contributed by atoms with E-state index < -0.39 is 0 Å². The van der Waals surface area contributed by atoms with Gasteiger partial charge in [0, 0.05) is 25.5 Å². The molecule has 0 bridgehead atoms. The average Bonchev–Trinajstić information content (AvgIpc) is 3.00. The summed E-state index contributed by atoms with van der Waals surface area (Å²) in [5, 5.41) is 6.78. The van der Waals surface area contributed by atoms with Gasteiger partial charge in [-0.2, -0.15) is 0 Å². The van der Waals surface area contributed by atoms with Gasteiger partial charge in [0.25, 0.3) is 5.91 Å². The molecule has 0 saturated carbocycles. The van der Waals surface area contributed by atoms with Crippen LogP contribution in [0.3, 0.4) is 0 Å². The van der Waals surface area contributed by atoms with Gasteiger partial charge in [-0.1, -0.05) is 12.8 Å². The molecule has 0 radical (unpaired) electrons. The van der Waals surface area contributed by atoms with Gasteiger partial charge >= 0.3 is 0 Å². The molecule has 1 fully saturated rings. The SMILES string of the molecule is Cc1nc(C(=O)N2CCCCCC2c2cccn2C)n[nH]1. The van der Waals surface area contributed by atoms with E-state index >= 15 is 0 Å². The van der Waals surface area contributed by atoms with Crippen LogP contribution in [-0.2, 0) is 7.05 Å². The Hall–Kier alpha value is -2.11. The van der Waals surface area contributed by atoms with Crippen molar-refractivity contribution in [2.75, 3.05) is 6.54 Å². The summed E-state index contributed by atoms with van der Waals surface area (Å²) in [4.78, 5) is 18.9. The third-order valence-electron chi connectivity index (χ3n) is 4.13. The van der Waals surface area contributed by atoms with Crippen LogP contribution in [0.1, 0.15) is 53.9 Å². The highest BCUT2D eigenvalue weighted by molar-refractivity contribution is 5.90. The molecule has 6 nitrogen and oxygen atoms in total. The van der Waals surface area contributed by atoms with E-state index in [0.717, 1.165) is 32.2 Å². The van der Waals surface area contributed by atoms with Crippen molar-refractivity contribution < 1.29 is 4.79 Å². The van der Waals surface area contributed by atoms with E-state index in [1.807, 2.05) is 24.2 Å². The normalized spacial score (nSPS) is 19.5. The summed E-state index contributed by atoms with van der Waals surface area (Å²) in [6.07, 6.45) is 6.37. The lowest BCUT2D eigenvalue weighted by atomic mass is 10.1. The Labute approximate surface area is 124 Å². The molecule has 1 unspecified atom stereocenters. The quantitative estimate of drug-likeness (QED) is 0.921. The highest BCUT2D eigenvalue weighted by Gasteiger charge is 2.30. The molecule has 1 amide bonds. The molecule has 3 rings (SSSR count). The predicted molar refractivity (Wildman–Crippen MR) is 78.8 cm³/mol. The molecule has 1 saturated heterocycles. The summed E-state index contributed by atoms with van der Waals surface area (Å²) in [5.41, 5.74) is 1.18. The van der Waals surface area contributed by atoms with E-state index in [-0.39, 0.29) is 17.8 Å². The van der Waals surface area contributed by atoms with E-state index in [9.17, 15) is 4.79 Å². The Morgan fingerprint density at radius 3 is 2.90 bits per heavy atom. The van der Waals surface area contributed by atoms with E-state index in [4.69, 9.17) is 0 Å². The van der Waals surface area contributed by atoms with E-state index in [1.54, 1.807) is 6.92 Å². The number of aromatic amines is 1. The van der Waals surface area contributed by atoms with Gasteiger partial charge in [-0.05, 0) is 31.9 Å². The van der Waals surface area contributed by atoms with Gasteiger partial charge < -0.3 is 9.47 Å². The van der Waals surface area contributed by atoms with Crippen LogP contribution in [0.2, 0.25) is 0 Å². The lowest BCUT2D eigenvalue weighted by molar-refractivity contribution is 0.0662. The molecule has 1 N–H and O–H groups in total. The second kappa shape index (κ2) is 5.71. The molecule has 1 aliphatic heterocycles. The molecule has 6 heteroatoms. The molecular formula is C15H21N5O. The summed E-state index contributed by atoms with van der Waals surface area (Å²) in [5.74, 6) is 0.865. The summed E-state index contributed by atoms with van der Waals surface area (Å²) >= 11 is 0. The fourth-order valence-electron chi connectivity index (χ4n) is 3.05. The van der Waals surface area contributed by atoms with Crippen molar-refractivity contribution in [1.29, 1.82) is 0 Å². The highest BCUT2D eigenvalue weighted by atomic mass is 16.2. The number of aryl methyl sites for hydroxylation is 2. The zero-order chi connectivity index (χ0) is 14.8. The van der Waals surface area contributed by atoms with Crippen molar-refractivity contribution >= 4 is 5.91 Å². The van der Waals surface area contributed by atoms with Crippen LogP contribution in [0.4, 0.5) is 0 Å². The third kappa shape index (κ3) is 2.70.